The maximum absolute atomic E-state index is 13.3. The second-order valence-corrected chi connectivity index (χ2v) is 3.76. The Hall–Kier alpha value is -1.88. The van der Waals surface area contributed by atoms with Gasteiger partial charge in [0.15, 0.2) is 11.6 Å². The zero-order chi connectivity index (χ0) is 12.4. The molecule has 17 heavy (non-hydrogen) atoms. The molecule has 0 amide bonds. The summed E-state index contributed by atoms with van der Waals surface area (Å²) in [5, 5.41) is 3.01. The molecule has 0 aliphatic carbocycles. The zero-order valence-corrected chi connectivity index (χ0v) is 9.30. The highest BCUT2D eigenvalue weighted by Gasteiger charge is 2.08. The van der Waals surface area contributed by atoms with Gasteiger partial charge in [0.05, 0.1) is 16.9 Å². The van der Waals surface area contributed by atoms with E-state index in [0.717, 1.165) is 12.3 Å². The quantitative estimate of drug-likeness (QED) is 0.809. The van der Waals surface area contributed by atoms with E-state index in [1.54, 1.807) is 12.1 Å². The van der Waals surface area contributed by atoms with E-state index >= 15 is 0 Å². The molecule has 1 aromatic carbocycles. The molecule has 2 aromatic rings. The Kier molecular flexibility index (Phi) is 3.10. The molecule has 1 aromatic heterocycles. The topological polar surface area (TPSA) is 50.9 Å². The summed E-state index contributed by atoms with van der Waals surface area (Å²) in [4.78, 5) is 3.58. The van der Waals surface area contributed by atoms with Gasteiger partial charge in [-0.25, -0.2) is 13.8 Å². The average Bonchev–Trinajstić information content (AvgIpc) is 2.27. The monoisotopic (exact) mass is 255 g/mol. The van der Waals surface area contributed by atoms with Crippen LogP contribution in [-0.4, -0.2) is 4.98 Å². The van der Waals surface area contributed by atoms with E-state index in [9.17, 15) is 8.78 Å². The van der Waals surface area contributed by atoms with Gasteiger partial charge < -0.3 is 11.1 Å². The van der Waals surface area contributed by atoms with Crippen molar-refractivity contribution in [3.63, 3.8) is 0 Å². The fourth-order valence-electron chi connectivity index (χ4n) is 1.27. The van der Waals surface area contributed by atoms with Gasteiger partial charge in [-0.3, -0.25) is 0 Å². The van der Waals surface area contributed by atoms with Crippen LogP contribution in [0.2, 0.25) is 5.02 Å². The lowest BCUT2D eigenvalue weighted by atomic mass is 10.3. The number of anilines is 3. The van der Waals surface area contributed by atoms with Crippen LogP contribution >= 0.6 is 11.6 Å². The molecule has 6 heteroatoms. The lowest BCUT2D eigenvalue weighted by Gasteiger charge is -2.09. The third kappa shape index (κ3) is 2.62. The van der Waals surface area contributed by atoms with Crippen molar-refractivity contribution >= 4 is 28.8 Å². The van der Waals surface area contributed by atoms with E-state index in [2.05, 4.69) is 10.3 Å². The Labute approximate surface area is 101 Å². The summed E-state index contributed by atoms with van der Waals surface area (Å²) < 4.78 is 26.0. The van der Waals surface area contributed by atoms with Gasteiger partial charge in [0.25, 0.3) is 0 Å². The summed E-state index contributed by atoms with van der Waals surface area (Å²) in [6.07, 6.45) is 0.908. The smallest absolute Gasteiger partial charge is 0.168 e. The Bertz CT molecular complexity index is 560. The van der Waals surface area contributed by atoms with Crippen molar-refractivity contribution in [2.75, 3.05) is 11.1 Å². The summed E-state index contributed by atoms with van der Waals surface area (Å²) in [5.74, 6) is -1.66. The fraction of sp³-hybridized carbons (Fsp3) is 0. The minimum absolute atomic E-state index is 0.112. The summed E-state index contributed by atoms with van der Waals surface area (Å²) >= 11 is 5.89. The molecule has 3 N–H and O–H groups in total. The van der Waals surface area contributed by atoms with Crippen molar-refractivity contribution in [1.29, 1.82) is 0 Å². The highest BCUT2D eigenvalue weighted by Crippen LogP contribution is 2.27. The number of nitrogens with one attached hydrogen (secondary N) is 1. The van der Waals surface area contributed by atoms with Crippen molar-refractivity contribution < 1.29 is 8.78 Å². The normalized spacial score (nSPS) is 10.3. The summed E-state index contributed by atoms with van der Waals surface area (Å²) in [7, 11) is 0. The van der Waals surface area contributed by atoms with E-state index in [0.29, 0.717) is 16.4 Å². The van der Waals surface area contributed by atoms with Crippen LogP contribution in [-0.2, 0) is 0 Å². The average molecular weight is 256 g/mol. The van der Waals surface area contributed by atoms with Gasteiger partial charge in [-0.05, 0) is 18.2 Å². The first-order chi connectivity index (χ1) is 8.06. The predicted molar refractivity (Wildman–Crippen MR) is 63.3 cm³/mol. The van der Waals surface area contributed by atoms with Crippen molar-refractivity contribution in [2.45, 2.75) is 0 Å². The molecule has 0 atom stereocenters. The third-order valence-electron chi connectivity index (χ3n) is 2.05. The highest BCUT2D eigenvalue weighted by atomic mass is 35.5. The van der Waals surface area contributed by atoms with E-state index in [1.807, 2.05) is 0 Å². The first kappa shape index (κ1) is 11.6. The number of aromatic nitrogens is 1. The summed E-state index contributed by atoms with van der Waals surface area (Å²) in [6, 6.07) is 5.45. The molecule has 0 unspecified atom stereocenters. The van der Waals surface area contributed by atoms with Crippen LogP contribution < -0.4 is 11.1 Å². The number of benzene rings is 1. The highest BCUT2D eigenvalue weighted by molar-refractivity contribution is 6.33. The number of nitrogens with zero attached hydrogens (tertiary/aromatic N) is 1. The molecule has 88 valence electrons. The van der Waals surface area contributed by atoms with Gasteiger partial charge in [-0.15, -0.1) is 0 Å². The Morgan fingerprint density at radius 1 is 1.24 bits per heavy atom. The van der Waals surface area contributed by atoms with Crippen LogP contribution in [0, 0.1) is 11.6 Å². The Morgan fingerprint density at radius 2 is 2.00 bits per heavy atom. The number of pyridine rings is 1. The summed E-state index contributed by atoms with van der Waals surface area (Å²) in [6.45, 7) is 0. The molecule has 0 fully saturated rings. The fourth-order valence-corrected chi connectivity index (χ4v) is 1.44. The second-order valence-electron chi connectivity index (χ2n) is 3.35. The number of hydrogen-bond donors (Lipinski definition) is 2. The maximum atomic E-state index is 13.3. The molecule has 3 nitrogen and oxygen atoms in total. The number of hydrogen-bond acceptors (Lipinski definition) is 3. The third-order valence-corrected chi connectivity index (χ3v) is 2.38. The van der Waals surface area contributed by atoms with Crippen molar-refractivity contribution in [3.8, 4) is 0 Å². The van der Waals surface area contributed by atoms with Crippen LogP contribution in [0.15, 0.2) is 30.5 Å². The molecule has 0 radical (unpaired) electrons. The van der Waals surface area contributed by atoms with E-state index in [4.69, 9.17) is 17.3 Å². The van der Waals surface area contributed by atoms with Crippen LogP contribution in [0.3, 0.4) is 0 Å². The zero-order valence-electron chi connectivity index (χ0n) is 8.55. The lowest BCUT2D eigenvalue weighted by Crippen LogP contribution is -1.99. The van der Waals surface area contributed by atoms with Crippen molar-refractivity contribution in [2.24, 2.45) is 0 Å². The van der Waals surface area contributed by atoms with Gasteiger partial charge in [0, 0.05) is 11.8 Å². The molecule has 0 aliphatic rings. The number of halogens is 3. The number of nitrogens with two attached hydrogens (primary N) is 1. The minimum Gasteiger partial charge on any atom is -0.399 e. The van der Waals surface area contributed by atoms with E-state index in [1.165, 1.54) is 6.07 Å². The van der Waals surface area contributed by atoms with Crippen LogP contribution in [0.1, 0.15) is 0 Å². The number of rotatable bonds is 2. The molecule has 0 saturated carbocycles. The molecule has 2 rings (SSSR count). The molecule has 0 saturated heterocycles. The molecule has 1 heterocycles. The van der Waals surface area contributed by atoms with Crippen molar-refractivity contribution in [3.05, 3.63) is 47.1 Å². The molecular weight excluding hydrogens is 248 g/mol. The van der Waals surface area contributed by atoms with Gasteiger partial charge in [-0.2, -0.15) is 0 Å². The lowest BCUT2D eigenvalue weighted by molar-refractivity contribution is 0.576. The van der Waals surface area contributed by atoms with Crippen molar-refractivity contribution in [1.82, 2.24) is 4.98 Å². The Morgan fingerprint density at radius 3 is 2.71 bits per heavy atom. The van der Waals surface area contributed by atoms with Crippen LogP contribution in [0.5, 0.6) is 0 Å². The second kappa shape index (κ2) is 4.55. The predicted octanol–water partition coefficient (Wildman–Crippen LogP) is 3.34. The first-order valence-corrected chi connectivity index (χ1v) is 5.07. The van der Waals surface area contributed by atoms with Gasteiger partial charge >= 0.3 is 0 Å². The van der Waals surface area contributed by atoms with Gasteiger partial charge in [0.1, 0.15) is 5.82 Å². The maximum Gasteiger partial charge on any atom is 0.168 e. The molecule has 0 spiro atoms. The standard InChI is InChI=1S/C11H8ClF2N3/c12-8-2-1-7(15)4-10(8)17-11-9(14)3-6(13)5-16-11/h1-5H,15H2,(H,16,17). The number of nitrogen functional groups attached to an aromatic ring is 1. The van der Waals surface area contributed by atoms with E-state index < -0.39 is 11.6 Å². The molecular formula is C11H8ClF2N3. The van der Waals surface area contributed by atoms with Gasteiger partial charge in [0.2, 0.25) is 0 Å². The van der Waals surface area contributed by atoms with E-state index in [-0.39, 0.29) is 5.82 Å². The van der Waals surface area contributed by atoms with Gasteiger partial charge in [-0.1, -0.05) is 11.6 Å². The molecule has 0 aliphatic heterocycles. The Balaban J connectivity index is 2.34. The molecule has 0 bridgehead atoms. The summed E-state index contributed by atoms with van der Waals surface area (Å²) in [5.41, 5.74) is 6.45. The van der Waals surface area contributed by atoms with Crippen LogP contribution in [0.4, 0.5) is 26.0 Å². The largest absolute Gasteiger partial charge is 0.399 e. The minimum atomic E-state index is -0.802. The SMILES string of the molecule is Nc1ccc(Cl)c(Nc2ncc(F)cc2F)c1. The van der Waals surface area contributed by atoms with Crippen LogP contribution in [0.25, 0.3) is 0 Å². The first-order valence-electron chi connectivity index (χ1n) is 4.69.